The minimum atomic E-state index is -0.368. The molecule has 5 nitrogen and oxygen atoms in total. The van der Waals surface area contributed by atoms with Gasteiger partial charge >= 0.3 is 5.63 Å². The number of hydrogen-bond acceptors (Lipinski definition) is 5. The number of ether oxygens (including phenoxy) is 2. The van der Waals surface area contributed by atoms with E-state index in [2.05, 4.69) is 12.1 Å². The first-order valence-electron chi connectivity index (χ1n) is 11.4. The summed E-state index contributed by atoms with van der Waals surface area (Å²) >= 11 is 0. The fraction of sp³-hybridized carbons (Fsp3) is 0.560. The lowest BCUT2D eigenvalue weighted by Gasteiger charge is -2.22. The van der Waals surface area contributed by atoms with Crippen LogP contribution in [0, 0.1) is 5.92 Å². The highest BCUT2D eigenvalue weighted by Gasteiger charge is 2.39. The third kappa shape index (κ3) is 3.93. The van der Waals surface area contributed by atoms with E-state index in [9.17, 15) is 9.90 Å². The van der Waals surface area contributed by atoms with E-state index in [0.29, 0.717) is 30.5 Å². The molecule has 1 aliphatic heterocycles. The monoisotopic (exact) mass is 410 g/mol. The number of aromatic hydroxyl groups is 1. The second-order valence-electron chi connectivity index (χ2n) is 8.91. The predicted octanol–water partition coefficient (Wildman–Crippen LogP) is 4.85. The van der Waals surface area contributed by atoms with Gasteiger partial charge in [-0.25, -0.2) is 4.79 Å². The van der Waals surface area contributed by atoms with E-state index < -0.39 is 0 Å². The molecule has 2 atom stereocenters. The van der Waals surface area contributed by atoms with Crippen LogP contribution in [0.5, 0.6) is 5.75 Å². The number of rotatable bonds is 6. The van der Waals surface area contributed by atoms with Crippen molar-refractivity contribution in [3.05, 3.63) is 63.2 Å². The Balaban J connectivity index is 1.50. The highest BCUT2D eigenvalue weighted by Crippen LogP contribution is 2.49. The third-order valence-corrected chi connectivity index (χ3v) is 6.87. The second-order valence-corrected chi connectivity index (χ2v) is 8.91. The van der Waals surface area contributed by atoms with E-state index in [1.54, 1.807) is 0 Å². The molecule has 0 spiro atoms. The molecular formula is C25H30O5. The average molecular weight is 411 g/mol. The van der Waals surface area contributed by atoms with Crippen molar-refractivity contribution in [1.29, 1.82) is 0 Å². The highest BCUT2D eigenvalue weighted by molar-refractivity contribution is 5.47. The van der Waals surface area contributed by atoms with E-state index in [1.807, 2.05) is 18.2 Å². The van der Waals surface area contributed by atoms with Gasteiger partial charge in [-0.3, -0.25) is 0 Å². The van der Waals surface area contributed by atoms with Crippen LogP contribution in [-0.2, 0) is 15.9 Å². The van der Waals surface area contributed by atoms with E-state index in [-0.39, 0.29) is 29.5 Å². The van der Waals surface area contributed by atoms with Gasteiger partial charge in [-0.2, -0.15) is 0 Å². The second kappa shape index (κ2) is 8.56. The van der Waals surface area contributed by atoms with Gasteiger partial charge in [-0.1, -0.05) is 36.8 Å². The SMILES string of the molecule is O=c1oc2c(c(O)c1C(c1ccccc1)C1CC1)CCCCC2CCC1OCCO1. The molecule has 2 aromatic rings. The molecule has 30 heavy (non-hydrogen) atoms. The number of benzene rings is 1. The van der Waals surface area contributed by atoms with E-state index in [4.69, 9.17) is 13.9 Å². The van der Waals surface area contributed by atoms with Crippen molar-refractivity contribution in [3.8, 4) is 5.75 Å². The molecule has 3 aliphatic rings. The fourth-order valence-corrected chi connectivity index (χ4v) is 5.21. The lowest BCUT2D eigenvalue weighted by Crippen LogP contribution is -2.19. The molecule has 2 heterocycles. The third-order valence-electron chi connectivity index (χ3n) is 6.87. The minimum absolute atomic E-state index is 0.0882. The normalized spacial score (nSPS) is 23.1. The lowest BCUT2D eigenvalue weighted by atomic mass is 9.85. The Kier molecular flexibility index (Phi) is 5.66. The number of hydrogen-bond donors (Lipinski definition) is 1. The van der Waals surface area contributed by atoms with Crippen LogP contribution < -0.4 is 5.63 Å². The Hall–Kier alpha value is -2.11. The van der Waals surface area contributed by atoms with Crippen LogP contribution in [0.25, 0.3) is 0 Å². The van der Waals surface area contributed by atoms with Crippen molar-refractivity contribution in [2.45, 2.75) is 69.5 Å². The van der Waals surface area contributed by atoms with Gasteiger partial charge in [0.1, 0.15) is 11.5 Å². The zero-order valence-electron chi connectivity index (χ0n) is 17.3. The van der Waals surface area contributed by atoms with Crippen molar-refractivity contribution in [1.82, 2.24) is 0 Å². The van der Waals surface area contributed by atoms with Crippen molar-refractivity contribution in [2.24, 2.45) is 5.92 Å². The summed E-state index contributed by atoms with van der Waals surface area (Å²) in [5.74, 6) is 1.31. The first kappa shape index (κ1) is 19.8. The molecule has 1 N–H and O–H groups in total. The van der Waals surface area contributed by atoms with Gasteiger partial charge in [-0.05, 0) is 56.4 Å². The van der Waals surface area contributed by atoms with Gasteiger partial charge in [0.15, 0.2) is 6.29 Å². The molecule has 5 rings (SSSR count). The topological polar surface area (TPSA) is 68.9 Å². The van der Waals surface area contributed by atoms with E-state index in [0.717, 1.165) is 62.5 Å². The van der Waals surface area contributed by atoms with Crippen molar-refractivity contribution in [2.75, 3.05) is 13.2 Å². The van der Waals surface area contributed by atoms with Gasteiger partial charge in [-0.15, -0.1) is 0 Å². The Morgan fingerprint density at radius 2 is 1.77 bits per heavy atom. The summed E-state index contributed by atoms with van der Waals surface area (Å²) < 4.78 is 17.2. The summed E-state index contributed by atoms with van der Waals surface area (Å²) in [6.07, 6.45) is 7.42. The Bertz CT molecular complexity index is 925. The van der Waals surface area contributed by atoms with Crippen LogP contribution in [0.1, 0.15) is 79.2 Å². The first-order chi connectivity index (χ1) is 14.7. The molecule has 2 unspecified atom stereocenters. The van der Waals surface area contributed by atoms with E-state index >= 15 is 0 Å². The molecule has 1 saturated heterocycles. The van der Waals surface area contributed by atoms with Crippen molar-refractivity contribution < 1.29 is 19.0 Å². The van der Waals surface area contributed by atoms with Crippen LogP contribution in [0.4, 0.5) is 0 Å². The van der Waals surface area contributed by atoms with Crippen LogP contribution in [0.2, 0.25) is 0 Å². The molecule has 2 fully saturated rings. The molecule has 5 heteroatoms. The maximum absolute atomic E-state index is 13.2. The van der Waals surface area contributed by atoms with Crippen molar-refractivity contribution in [3.63, 3.8) is 0 Å². The van der Waals surface area contributed by atoms with Gasteiger partial charge in [0.25, 0.3) is 0 Å². The zero-order valence-corrected chi connectivity index (χ0v) is 17.3. The minimum Gasteiger partial charge on any atom is -0.507 e. The summed E-state index contributed by atoms with van der Waals surface area (Å²) in [4.78, 5) is 13.2. The number of fused-ring (bicyclic) bond motifs is 1. The molecule has 2 aliphatic carbocycles. The van der Waals surface area contributed by atoms with Crippen LogP contribution in [-0.4, -0.2) is 24.6 Å². The summed E-state index contributed by atoms with van der Waals surface area (Å²) in [7, 11) is 0. The largest absolute Gasteiger partial charge is 0.507 e. The molecule has 0 amide bonds. The maximum Gasteiger partial charge on any atom is 0.343 e. The summed E-state index contributed by atoms with van der Waals surface area (Å²) in [5.41, 5.74) is 2.03. The lowest BCUT2D eigenvalue weighted by molar-refractivity contribution is -0.0491. The van der Waals surface area contributed by atoms with E-state index in [1.165, 1.54) is 0 Å². The molecule has 1 aromatic carbocycles. The molecule has 0 radical (unpaired) electrons. The average Bonchev–Trinajstić information content (AvgIpc) is 3.50. The molecule has 1 aromatic heterocycles. The maximum atomic E-state index is 13.2. The van der Waals surface area contributed by atoms with Crippen LogP contribution >= 0.6 is 0 Å². The Morgan fingerprint density at radius 1 is 1.00 bits per heavy atom. The predicted molar refractivity (Wildman–Crippen MR) is 113 cm³/mol. The molecule has 1 saturated carbocycles. The molecule has 0 bridgehead atoms. The Labute approximate surface area is 177 Å². The summed E-state index contributed by atoms with van der Waals surface area (Å²) in [6, 6.07) is 10.1. The van der Waals surface area contributed by atoms with Gasteiger partial charge < -0.3 is 19.0 Å². The van der Waals surface area contributed by atoms with Gasteiger partial charge in [0.05, 0.1) is 18.8 Å². The summed E-state index contributed by atoms with van der Waals surface area (Å²) in [6.45, 7) is 1.29. The first-order valence-corrected chi connectivity index (χ1v) is 11.4. The quantitative estimate of drug-likeness (QED) is 0.690. The van der Waals surface area contributed by atoms with Crippen molar-refractivity contribution >= 4 is 0 Å². The zero-order chi connectivity index (χ0) is 20.5. The fourth-order valence-electron chi connectivity index (χ4n) is 5.21. The van der Waals surface area contributed by atoms with Crippen LogP contribution in [0.15, 0.2) is 39.5 Å². The standard InChI is InChI=1S/C25H30O5/c26-23-19-9-5-4-8-18(12-13-20-28-14-15-29-20)24(19)30-25(27)22(23)21(17-10-11-17)16-6-2-1-3-7-16/h1-3,6-7,17-18,20-21,26H,4-5,8-15H2. The highest BCUT2D eigenvalue weighted by atomic mass is 16.7. The van der Waals surface area contributed by atoms with Gasteiger partial charge in [0.2, 0.25) is 0 Å². The molecular weight excluding hydrogens is 380 g/mol. The van der Waals surface area contributed by atoms with Crippen LogP contribution in [0.3, 0.4) is 0 Å². The van der Waals surface area contributed by atoms with Gasteiger partial charge in [0, 0.05) is 17.4 Å². The smallest absolute Gasteiger partial charge is 0.343 e. The Morgan fingerprint density at radius 3 is 2.50 bits per heavy atom. The summed E-state index contributed by atoms with van der Waals surface area (Å²) in [5, 5.41) is 11.3. The molecule has 160 valence electrons.